The summed E-state index contributed by atoms with van der Waals surface area (Å²) in [5, 5.41) is 21.0. The monoisotopic (exact) mass is 590 g/mol. The fourth-order valence-electron chi connectivity index (χ4n) is 8.17. The molecule has 0 saturated heterocycles. The summed E-state index contributed by atoms with van der Waals surface area (Å²) in [6, 6.07) is 5.97. The highest BCUT2D eigenvalue weighted by Gasteiger charge is 2.57. The molecule has 2 fully saturated rings. The first-order valence-electron chi connectivity index (χ1n) is 15.5. The molecule has 4 rings (SSSR count). The van der Waals surface area contributed by atoms with Gasteiger partial charge in [-0.2, -0.15) is 33.7 Å². The Bertz CT molecular complexity index is 954. The van der Waals surface area contributed by atoms with Crippen LogP contribution in [0.15, 0.2) is 18.2 Å². The molecule has 0 aliphatic heterocycles. The molecule has 0 amide bonds. The van der Waals surface area contributed by atoms with Gasteiger partial charge in [0, 0.05) is 6.42 Å². The molecule has 0 bridgehead atoms. The maximum Gasteiger partial charge on any atom is 0.453 e. The number of phenols is 1. The van der Waals surface area contributed by atoms with Crippen LogP contribution in [0.4, 0.5) is 22.0 Å². The van der Waals surface area contributed by atoms with Crippen molar-refractivity contribution in [1.82, 2.24) is 0 Å². The summed E-state index contributed by atoms with van der Waals surface area (Å²) >= 11 is 1.47. The van der Waals surface area contributed by atoms with Crippen molar-refractivity contribution < 1.29 is 32.2 Å². The van der Waals surface area contributed by atoms with Crippen LogP contribution < -0.4 is 0 Å². The van der Waals surface area contributed by atoms with Crippen LogP contribution in [-0.2, 0) is 6.42 Å². The average molecular weight is 591 g/mol. The molecular weight excluding hydrogens is 543 g/mol. The molecule has 40 heavy (non-hydrogen) atoms. The molecule has 2 saturated carbocycles. The molecule has 228 valence electrons. The number of hydrogen-bond donors (Lipinski definition) is 2. The third kappa shape index (κ3) is 7.30. The van der Waals surface area contributed by atoms with Gasteiger partial charge in [-0.05, 0) is 115 Å². The molecule has 0 heterocycles. The lowest BCUT2D eigenvalue weighted by atomic mass is 9.52. The van der Waals surface area contributed by atoms with Crippen LogP contribution >= 0.6 is 11.8 Å². The Morgan fingerprint density at radius 1 is 0.900 bits per heavy atom. The lowest BCUT2D eigenvalue weighted by Crippen LogP contribution is -2.47. The van der Waals surface area contributed by atoms with Crippen molar-refractivity contribution in [3.05, 3.63) is 29.3 Å². The third-order valence-corrected chi connectivity index (χ3v) is 11.5. The molecule has 3 unspecified atom stereocenters. The van der Waals surface area contributed by atoms with Crippen molar-refractivity contribution >= 4 is 11.8 Å². The Morgan fingerprint density at radius 2 is 1.57 bits per heavy atom. The van der Waals surface area contributed by atoms with E-state index < -0.39 is 18.5 Å². The minimum atomic E-state index is -5.44. The SMILES string of the molecule is C[C@]12CCC3c4ccc(O)cc4C[C@@H](CCCCCCCCCSCCCC(F)(F)C(F)(F)F)C3C1CC[C@@H]2O. The van der Waals surface area contributed by atoms with Crippen LogP contribution in [0.3, 0.4) is 0 Å². The average Bonchev–Trinajstić information content (AvgIpc) is 3.19. The van der Waals surface area contributed by atoms with Gasteiger partial charge in [0.15, 0.2) is 0 Å². The highest BCUT2D eigenvalue weighted by Crippen LogP contribution is 2.62. The number of halogens is 5. The van der Waals surface area contributed by atoms with Crippen LogP contribution in [-0.4, -0.2) is 39.9 Å². The number of benzene rings is 1. The number of rotatable bonds is 14. The lowest BCUT2D eigenvalue weighted by molar-refractivity contribution is -0.284. The van der Waals surface area contributed by atoms with Crippen molar-refractivity contribution in [2.75, 3.05) is 11.5 Å². The molecular formula is C32H47F5O2S. The van der Waals surface area contributed by atoms with E-state index in [1.807, 2.05) is 12.1 Å². The molecule has 3 aliphatic rings. The fourth-order valence-corrected chi connectivity index (χ4v) is 9.13. The summed E-state index contributed by atoms with van der Waals surface area (Å²) in [6.07, 6.45) is 7.56. The zero-order chi connectivity index (χ0) is 29.0. The summed E-state index contributed by atoms with van der Waals surface area (Å²) in [5.41, 5.74) is 2.79. The molecule has 0 aromatic heterocycles. The van der Waals surface area contributed by atoms with Gasteiger partial charge in [0.25, 0.3) is 0 Å². The van der Waals surface area contributed by atoms with E-state index >= 15 is 0 Å². The summed E-state index contributed by atoms with van der Waals surface area (Å²) in [4.78, 5) is 0. The maximum absolute atomic E-state index is 12.9. The minimum absolute atomic E-state index is 0.0419. The van der Waals surface area contributed by atoms with Crippen molar-refractivity contribution in [1.29, 1.82) is 0 Å². The topological polar surface area (TPSA) is 40.5 Å². The molecule has 3 aliphatic carbocycles. The first kappa shape index (κ1) is 31.9. The quantitative estimate of drug-likeness (QED) is 0.167. The third-order valence-electron chi connectivity index (χ3n) is 10.4. The Hall–Kier alpha value is -1.02. The maximum atomic E-state index is 12.9. The number of aliphatic hydroxyl groups is 1. The van der Waals surface area contributed by atoms with Gasteiger partial charge in [0.1, 0.15) is 5.75 Å². The predicted molar refractivity (Wildman–Crippen MR) is 152 cm³/mol. The van der Waals surface area contributed by atoms with Gasteiger partial charge in [-0.25, -0.2) is 0 Å². The van der Waals surface area contributed by atoms with Crippen LogP contribution in [0.2, 0.25) is 0 Å². The summed E-state index contributed by atoms with van der Waals surface area (Å²) in [6.45, 7) is 2.32. The minimum Gasteiger partial charge on any atom is -0.508 e. The number of aromatic hydroxyl groups is 1. The van der Waals surface area contributed by atoms with E-state index in [9.17, 15) is 32.2 Å². The van der Waals surface area contributed by atoms with Crippen molar-refractivity contribution in [3.8, 4) is 5.75 Å². The highest BCUT2D eigenvalue weighted by molar-refractivity contribution is 7.99. The lowest BCUT2D eigenvalue weighted by Gasteiger charge is -2.53. The number of fused-ring (bicyclic) bond motifs is 5. The van der Waals surface area contributed by atoms with E-state index in [1.54, 1.807) is 0 Å². The van der Waals surface area contributed by atoms with E-state index in [0.29, 0.717) is 35.2 Å². The van der Waals surface area contributed by atoms with Crippen LogP contribution in [0.1, 0.15) is 114 Å². The Morgan fingerprint density at radius 3 is 2.30 bits per heavy atom. The van der Waals surface area contributed by atoms with Crippen molar-refractivity contribution in [2.45, 2.75) is 127 Å². The molecule has 0 radical (unpaired) electrons. The number of aliphatic hydroxyl groups excluding tert-OH is 1. The second-order valence-electron chi connectivity index (χ2n) is 13.0. The molecule has 1 aromatic rings. The largest absolute Gasteiger partial charge is 0.508 e. The molecule has 2 N–H and O–H groups in total. The van der Waals surface area contributed by atoms with Gasteiger partial charge in [-0.1, -0.05) is 51.5 Å². The first-order valence-corrected chi connectivity index (χ1v) is 16.6. The van der Waals surface area contributed by atoms with Gasteiger partial charge in [-0.3, -0.25) is 0 Å². The Kier molecular flexibility index (Phi) is 10.8. The van der Waals surface area contributed by atoms with Gasteiger partial charge in [0.05, 0.1) is 6.10 Å². The molecule has 6 atom stereocenters. The number of unbranched alkanes of at least 4 members (excludes halogenated alkanes) is 6. The summed E-state index contributed by atoms with van der Waals surface area (Å²) < 4.78 is 62.4. The van der Waals surface area contributed by atoms with Crippen LogP contribution in [0.25, 0.3) is 0 Å². The van der Waals surface area contributed by atoms with Crippen LogP contribution in [0.5, 0.6) is 5.75 Å². The van der Waals surface area contributed by atoms with Crippen LogP contribution in [0, 0.1) is 23.2 Å². The number of phenolic OH excluding ortho intramolecular Hbond substituents is 1. The second-order valence-corrected chi connectivity index (χ2v) is 14.2. The summed E-state index contributed by atoms with van der Waals surface area (Å²) in [7, 11) is 0. The number of alkyl halides is 5. The standard InChI is InChI=1S/C32H47F5O2S/c1-30-17-15-26-25-12-11-24(38)21-23(25)20-22(29(26)27(30)13-14-28(30)39)10-7-5-3-2-4-6-8-18-40-19-9-16-31(33,34)32(35,36)37/h11-12,21-22,26-29,38-39H,2-10,13-20H2,1H3/t22-,26?,27?,28+,29?,30+/m1/s1. The van der Waals surface area contributed by atoms with E-state index in [1.165, 1.54) is 55.0 Å². The van der Waals surface area contributed by atoms with E-state index in [-0.39, 0.29) is 17.9 Å². The highest BCUT2D eigenvalue weighted by atomic mass is 32.2. The van der Waals surface area contributed by atoms with Gasteiger partial charge in [0.2, 0.25) is 0 Å². The molecule has 8 heteroatoms. The van der Waals surface area contributed by atoms with E-state index in [0.717, 1.165) is 57.1 Å². The molecule has 0 spiro atoms. The zero-order valence-corrected chi connectivity index (χ0v) is 24.6. The second kappa shape index (κ2) is 13.5. The zero-order valence-electron chi connectivity index (χ0n) is 23.8. The molecule has 2 nitrogen and oxygen atoms in total. The predicted octanol–water partition coefficient (Wildman–Crippen LogP) is 9.67. The first-order chi connectivity index (χ1) is 18.9. The van der Waals surface area contributed by atoms with E-state index in [4.69, 9.17) is 0 Å². The smallest absolute Gasteiger partial charge is 0.453 e. The normalized spacial score (nSPS) is 30.1. The van der Waals surface area contributed by atoms with Gasteiger partial charge >= 0.3 is 12.1 Å². The molecule has 1 aromatic carbocycles. The van der Waals surface area contributed by atoms with Crippen molar-refractivity contribution in [2.24, 2.45) is 23.2 Å². The van der Waals surface area contributed by atoms with Crippen molar-refractivity contribution in [3.63, 3.8) is 0 Å². The fraction of sp³-hybridized carbons (Fsp3) is 0.812. The van der Waals surface area contributed by atoms with E-state index in [2.05, 4.69) is 13.0 Å². The van der Waals surface area contributed by atoms with Gasteiger partial charge in [-0.15, -0.1) is 0 Å². The Balaban J connectivity index is 1.13. The number of thioether (sulfide) groups is 1. The number of hydrogen-bond acceptors (Lipinski definition) is 3. The summed E-state index contributed by atoms with van der Waals surface area (Å²) in [5.74, 6) is -0.730. The van der Waals surface area contributed by atoms with Gasteiger partial charge < -0.3 is 10.2 Å². The Labute approximate surface area is 240 Å².